The molecule has 21 heavy (non-hydrogen) atoms. The number of aromatic amines is 1. The lowest BCUT2D eigenvalue weighted by molar-refractivity contribution is 0.677. The van der Waals surface area contributed by atoms with Crippen LogP contribution in [0.3, 0.4) is 0 Å². The summed E-state index contributed by atoms with van der Waals surface area (Å²) in [6, 6.07) is 0.0878. The molecule has 0 amide bonds. The first-order valence-corrected chi connectivity index (χ1v) is 7.48. The van der Waals surface area contributed by atoms with Gasteiger partial charge in [0.2, 0.25) is 0 Å². The molecule has 3 aromatic heterocycles. The minimum absolute atomic E-state index is 0.0878. The second-order valence-corrected chi connectivity index (χ2v) is 6.03. The van der Waals surface area contributed by atoms with Crippen LogP contribution in [0.4, 0.5) is 0 Å². The van der Waals surface area contributed by atoms with Gasteiger partial charge in [0.1, 0.15) is 21.9 Å². The molecule has 3 aromatic rings. The van der Waals surface area contributed by atoms with E-state index in [1.165, 1.54) is 11.9 Å². The Kier molecular flexibility index (Phi) is 3.64. The van der Waals surface area contributed by atoms with Crippen molar-refractivity contribution in [3.05, 3.63) is 23.9 Å². The summed E-state index contributed by atoms with van der Waals surface area (Å²) in [6.45, 7) is 4.01. The zero-order valence-corrected chi connectivity index (χ0v) is 13.0. The summed E-state index contributed by atoms with van der Waals surface area (Å²) in [5.41, 5.74) is 9.64. The Hall–Kier alpha value is -1.93. The first kappa shape index (κ1) is 14.0. The summed E-state index contributed by atoms with van der Waals surface area (Å²) in [4.78, 5) is 15.7. The molecule has 0 radical (unpaired) electrons. The molecule has 3 heterocycles. The Balaban J connectivity index is 2.03. The number of nitrogens with one attached hydrogen (secondary N) is 1. The molecular weight excluding hydrogens is 286 g/mol. The van der Waals surface area contributed by atoms with Crippen LogP contribution < -0.4 is 5.73 Å². The first-order valence-electron chi connectivity index (χ1n) is 6.66. The van der Waals surface area contributed by atoms with Crippen LogP contribution in [-0.2, 0) is 13.5 Å². The Morgan fingerprint density at radius 2 is 2.19 bits per heavy atom. The minimum atomic E-state index is 0.0878. The van der Waals surface area contributed by atoms with Crippen molar-refractivity contribution in [2.24, 2.45) is 12.8 Å². The van der Waals surface area contributed by atoms with Crippen LogP contribution in [0.15, 0.2) is 22.7 Å². The quantitative estimate of drug-likeness (QED) is 0.708. The smallest absolute Gasteiger partial charge is 0.181 e. The van der Waals surface area contributed by atoms with E-state index >= 15 is 0 Å². The first-order chi connectivity index (χ1) is 10.1. The summed E-state index contributed by atoms with van der Waals surface area (Å²) in [7, 11) is 1.94. The van der Waals surface area contributed by atoms with Crippen molar-refractivity contribution in [1.29, 1.82) is 0 Å². The maximum Gasteiger partial charge on any atom is 0.181 e. The summed E-state index contributed by atoms with van der Waals surface area (Å²) in [5, 5.41) is 6.39. The number of rotatable bonds is 4. The van der Waals surface area contributed by atoms with Crippen LogP contribution >= 0.6 is 11.8 Å². The van der Waals surface area contributed by atoms with Gasteiger partial charge in [-0.1, -0.05) is 0 Å². The molecule has 1 unspecified atom stereocenters. The van der Waals surface area contributed by atoms with Crippen molar-refractivity contribution in [2.75, 3.05) is 0 Å². The molecule has 0 saturated carbocycles. The molecule has 8 heteroatoms. The average Bonchev–Trinajstić information content (AvgIpc) is 2.99. The number of nitrogens with two attached hydrogens (primary N) is 1. The molecule has 0 aliphatic rings. The topological polar surface area (TPSA) is 98.3 Å². The highest BCUT2D eigenvalue weighted by Crippen LogP contribution is 2.33. The number of H-pyrrole nitrogens is 1. The number of hydrogen-bond acceptors (Lipinski definition) is 6. The van der Waals surface area contributed by atoms with Crippen molar-refractivity contribution in [1.82, 2.24) is 29.7 Å². The Morgan fingerprint density at radius 1 is 1.38 bits per heavy atom. The zero-order valence-electron chi connectivity index (χ0n) is 12.2. The van der Waals surface area contributed by atoms with Gasteiger partial charge in [-0.25, -0.2) is 15.0 Å². The number of aryl methyl sites for hydroxylation is 2. The lowest BCUT2D eigenvalue weighted by atomic mass is 10.1. The fourth-order valence-corrected chi connectivity index (χ4v) is 3.34. The van der Waals surface area contributed by atoms with E-state index in [1.807, 2.05) is 25.6 Å². The van der Waals surface area contributed by atoms with Crippen LogP contribution in [0, 0.1) is 6.92 Å². The van der Waals surface area contributed by atoms with Crippen molar-refractivity contribution < 1.29 is 0 Å². The predicted molar refractivity (Wildman–Crippen MR) is 81.1 cm³/mol. The van der Waals surface area contributed by atoms with Gasteiger partial charge in [0.05, 0.1) is 12.0 Å². The number of aromatic nitrogens is 6. The fraction of sp³-hybridized carbons (Fsp3) is 0.385. The molecule has 0 fully saturated rings. The van der Waals surface area contributed by atoms with Gasteiger partial charge >= 0.3 is 0 Å². The maximum atomic E-state index is 5.95. The van der Waals surface area contributed by atoms with E-state index < -0.39 is 0 Å². The van der Waals surface area contributed by atoms with Gasteiger partial charge in [-0.3, -0.25) is 4.68 Å². The third-order valence-corrected chi connectivity index (χ3v) is 4.40. The van der Waals surface area contributed by atoms with Crippen LogP contribution in [0.25, 0.3) is 11.2 Å². The fourth-order valence-electron chi connectivity index (χ4n) is 2.28. The van der Waals surface area contributed by atoms with E-state index in [4.69, 9.17) is 5.73 Å². The highest BCUT2D eigenvalue weighted by Gasteiger charge is 2.18. The molecule has 1 atom stereocenters. The predicted octanol–water partition coefficient (Wildman–Crippen LogP) is 1.44. The minimum Gasteiger partial charge on any atom is -0.341 e. The van der Waals surface area contributed by atoms with Crippen molar-refractivity contribution >= 4 is 22.9 Å². The zero-order chi connectivity index (χ0) is 15.0. The third kappa shape index (κ3) is 2.64. The Bertz CT molecular complexity index is 774. The lowest BCUT2D eigenvalue weighted by Gasteiger charge is -2.08. The summed E-state index contributed by atoms with van der Waals surface area (Å²) in [6.07, 6.45) is 3.94. The number of imidazole rings is 1. The SMILES string of the molecule is Cc1nn(C)c(Sc2ncnc3nc[nH]c23)c1CC(C)N. The molecule has 3 rings (SSSR count). The molecule has 110 valence electrons. The van der Waals surface area contributed by atoms with Crippen molar-refractivity contribution in [3.8, 4) is 0 Å². The van der Waals surface area contributed by atoms with Crippen LogP contribution in [0.2, 0.25) is 0 Å². The Labute approximate surface area is 126 Å². The average molecular weight is 303 g/mol. The molecule has 0 aliphatic heterocycles. The molecule has 0 aliphatic carbocycles. The molecule has 0 saturated heterocycles. The molecule has 0 aromatic carbocycles. The summed E-state index contributed by atoms with van der Waals surface area (Å²) >= 11 is 1.56. The summed E-state index contributed by atoms with van der Waals surface area (Å²) in [5.74, 6) is 0. The second kappa shape index (κ2) is 5.45. The lowest BCUT2D eigenvalue weighted by Crippen LogP contribution is -2.18. The standard InChI is InChI=1S/C13H17N7S/c1-7(14)4-9-8(2)19-20(3)13(9)21-12-10-11(16-5-15-10)17-6-18-12/h5-7H,4,14H2,1-3H3,(H,15,16,17,18). The molecule has 0 spiro atoms. The largest absolute Gasteiger partial charge is 0.341 e. The highest BCUT2D eigenvalue weighted by atomic mass is 32.2. The van der Waals surface area contributed by atoms with Gasteiger partial charge in [0, 0.05) is 18.7 Å². The van der Waals surface area contributed by atoms with E-state index in [2.05, 4.69) is 25.0 Å². The monoisotopic (exact) mass is 303 g/mol. The van der Waals surface area contributed by atoms with Crippen LogP contribution in [-0.4, -0.2) is 35.8 Å². The highest BCUT2D eigenvalue weighted by molar-refractivity contribution is 7.99. The van der Waals surface area contributed by atoms with Gasteiger partial charge in [-0.2, -0.15) is 5.10 Å². The molecule has 7 nitrogen and oxygen atoms in total. The van der Waals surface area contributed by atoms with Gasteiger partial charge in [0.25, 0.3) is 0 Å². The van der Waals surface area contributed by atoms with Gasteiger partial charge in [0.15, 0.2) is 5.65 Å². The Morgan fingerprint density at radius 3 is 2.95 bits per heavy atom. The van der Waals surface area contributed by atoms with Crippen LogP contribution in [0.1, 0.15) is 18.2 Å². The van der Waals surface area contributed by atoms with E-state index in [1.54, 1.807) is 18.1 Å². The third-order valence-electron chi connectivity index (χ3n) is 3.20. The van der Waals surface area contributed by atoms with Crippen molar-refractivity contribution in [2.45, 2.75) is 36.4 Å². The second-order valence-electron chi connectivity index (χ2n) is 5.06. The number of nitrogens with zero attached hydrogens (tertiary/aromatic N) is 5. The van der Waals surface area contributed by atoms with Gasteiger partial charge in [-0.15, -0.1) is 0 Å². The molecule has 0 bridgehead atoms. The molecule has 3 N–H and O–H groups in total. The van der Waals surface area contributed by atoms with E-state index in [0.29, 0.717) is 5.65 Å². The van der Waals surface area contributed by atoms with E-state index in [-0.39, 0.29) is 6.04 Å². The van der Waals surface area contributed by atoms with E-state index in [0.717, 1.165) is 27.7 Å². The van der Waals surface area contributed by atoms with Gasteiger partial charge < -0.3 is 10.7 Å². The van der Waals surface area contributed by atoms with Crippen molar-refractivity contribution in [3.63, 3.8) is 0 Å². The maximum absolute atomic E-state index is 5.95. The van der Waals surface area contributed by atoms with Gasteiger partial charge in [-0.05, 0) is 32.0 Å². The molecular formula is C13H17N7S. The van der Waals surface area contributed by atoms with Crippen LogP contribution in [0.5, 0.6) is 0 Å². The number of fused-ring (bicyclic) bond motifs is 1. The summed E-state index contributed by atoms with van der Waals surface area (Å²) < 4.78 is 1.88. The normalized spacial score (nSPS) is 13.0. The number of hydrogen-bond donors (Lipinski definition) is 2. The van der Waals surface area contributed by atoms with E-state index in [9.17, 15) is 0 Å².